The number of carboxylic acids is 1. The van der Waals surface area contributed by atoms with E-state index in [-0.39, 0.29) is 25.3 Å². The van der Waals surface area contributed by atoms with E-state index in [9.17, 15) is 9.90 Å². The number of aromatic nitrogens is 1. The second-order valence-electron chi connectivity index (χ2n) is 2.30. The van der Waals surface area contributed by atoms with Crippen LogP contribution in [-0.2, 0) is 11.2 Å². The molecule has 5 heteroatoms. The predicted octanol–water partition coefficient (Wildman–Crippen LogP) is -2.94. The Bertz CT molecular complexity index is 265. The number of carbonyl (C=O) groups excluding carboxylic acids is 1. The molecule has 0 radical (unpaired) electrons. The summed E-state index contributed by atoms with van der Waals surface area (Å²) in [5.41, 5.74) is 0.909. The van der Waals surface area contributed by atoms with Crippen LogP contribution in [0.25, 0.3) is 0 Å². The molecule has 3 nitrogen and oxygen atoms in total. The van der Waals surface area contributed by atoms with Crippen molar-refractivity contribution >= 4 is 17.3 Å². The maximum Gasteiger partial charge on any atom is 1.00 e. The average Bonchev–Trinajstić information content (AvgIpc) is 2.10. The van der Waals surface area contributed by atoms with E-state index >= 15 is 0 Å². The number of aliphatic carboxylic acids is 1. The zero-order valence-corrected chi connectivity index (χ0v) is 8.20. The Balaban J connectivity index is 0.00000121. The molecule has 1 aromatic heterocycles. The van der Waals surface area contributed by atoms with Gasteiger partial charge in [-0.15, -0.1) is 11.3 Å². The summed E-state index contributed by atoms with van der Waals surface area (Å²) in [6, 6.07) is 0. The molecule has 0 fully saturated rings. The summed E-state index contributed by atoms with van der Waals surface area (Å²) in [7, 11) is 0. The van der Waals surface area contributed by atoms with E-state index in [0.717, 1.165) is 10.6 Å². The van der Waals surface area contributed by atoms with E-state index in [1.807, 2.05) is 13.8 Å². The first-order valence-corrected chi connectivity index (χ1v) is 4.04. The van der Waals surface area contributed by atoms with E-state index in [4.69, 9.17) is 0 Å². The molecule has 0 N–H and O–H groups in total. The number of nitrogens with zero attached hydrogens (tertiary/aromatic N) is 1. The standard InChI is InChI=1S/C7H9NO2S.Li/c1-4-5(2)11-6(8-4)3-7(9)10;/h3H2,1-2H3,(H,9,10);/q;+1/p-1. The van der Waals surface area contributed by atoms with Crippen molar-refractivity contribution in [1.29, 1.82) is 0 Å². The third-order valence-corrected chi connectivity index (χ3v) is 2.44. The van der Waals surface area contributed by atoms with E-state index < -0.39 is 5.97 Å². The molecule has 0 aliphatic carbocycles. The van der Waals surface area contributed by atoms with Gasteiger partial charge in [0, 0.05) is 17.3 Å². The summed E-state index contributed by atoms with van der Waals surface area (Å²) in [5.74, 6) is -1.07. The van der Waals surface area contributed by atoms with Crippen LogP contribution in [0.5, 0.6) is 0 Å². The van der Waals surface area contributed by atoms with Gasteiger partial charge in [-0.25, -0.2) is 4.98 Å². The minimum absolute atomic E-state index is 0. The quantitative estimate of drug-likeness (QED) is 0.454. The van der Waals surface area contributed by atoms with Gasteiger partial charge in [-0.1, -0.05) is 0 Å². The maximum absolute atomic E-state index is 10.1. The van der Waals surface area contributed by atoms with Crippen molar-refractivity contribution in [2.75, 3.05) is 0 Å². The molecule has 0 unspecified atom stereocenters. The molecule has 1 aromatic rings. The van der Waals surface area contributed by atoms with Crippen molar-refractivity contribution in [2.45, 2.75) is 20.3 Å². The zero-order chi connectivity index (χ0) is 8.43. The third kappa shape index (κ3) is 2.98. The molecule has 1 heterocycles. The SMILES string of the molecule is Cc1nc(CC(=O)[O-])sc1C.[Li+]. The van der Waals surface area contributed by atoms with Crippen LogP contribution in [0.3, 0.4) is 0 Å². The smallest absolute Gasteiger partial charge is 0.550 e. The first-order valence-electron chi connectivity index (χ1n) is 3.22. The van der Waals surface area contributed by atoms with Gasteiger partial charge < -0.3 is 9.90 Å². The maximum atomic E-state index is 10.1. The van der Waals surface area contributed by atoms with Crippen molar-refractivity contribution in [3.63, 3.8) is 0 Å². The molecule has 12 heavy (non-hydrogen) atoms. The van der Waals surface area contributed by atoms with Gasteiger partial charge >= 0.3 is 18.9 Å². The molecule has 0 aliphatic rings. The molecule has 0 saturated heterocycles. The van der Waals surface area contributed by atoms with Gasteiger partial charge in [-0.05, 0) is 13.8 Å². The van der Waals surface area contributed by atoms with Gasteiger partial charge in [0.25, 0.3) is 0 Å². The van der Waals surface area contributed by atoms with Gasteiger partial charge in [0.2, 0.25) is 0 Å². The van der Waals surface area contributed by atoms with Crippen LogP contribution < -0.4 is 24.0 Å². The summed E-state index contributed by atoms with van der Waals surface area (Å²) in [5, 5.41) is 10.8. The fourth-order valence-electron chi connectivity index (χ4n) is 0.738. The molecule has 0 atom stereocenters. The second kappa shape index (κ2) is 4.66. The largest absolute Gasteiger partial charge is 1.00 e. The van der Waals surface area contributed by atoms with Crippen LogP contribution in [0.15, 0.2) is 0 Å². The molecular formula is C7H8LiNO2S. The monoisotopic (exact) mass is 177 g/mol. The number of carboxylic acid groups (broad SMARTS) is 1. The Morgan fingerprint density at radius 1 is 1.58 bits per heavy atom. The van der Waals surface area contributed by atoms with E-state index in [2.05, 4.69) is 4.98 Å². The molecule has 0 aromatic carbocycles. The Kier molecular flexibility index (Phi) is 4.54. The fourth-order valence-corrected chi connectivity index (χ4v) is 1.66. The minimum Gasteiger partial charge on any atom is -0.550 e. The molecular weight excluding hydrogens is 169 g/mol. The van der Waals surface area contributed by atoms with Crippen LogP contribution in [-0.4, -0.2) is 11.0 Å². The molecule has 0 saturated carbocycles. The van der Waals surface area contributed by atoms with Crippen molar-refractivity contribution < 1.29 is 28.8 Å². The van der Waals surface area contributed by atoms with Crippen molar-refractivity contribution in [3.05, 3.63) is 15.6 Å². The molecule has 0 bridgehead atoms. The Hall–Kier alpha value is -0.303. The van der Waals surface area contributed by atoms with Crippen molar-refractivity contribution in [2.24, 2.45) is 0 Å². The topological polar surface area (TPSA) is 53.0 Å². The summed E-state index contributed by atoms with van der Waals surface area (Å²) < 4.78 is 0. The number of aryl methyl sites for hydroxylation is 2. The Labute approximate surface area is 87.0 Å². The Morgan fingerprint density at radius 2 is 2.17 bits per heavy atom. The zero-order valence-electron chi connectivity index (χ0n) is 7.38. The van der Waals surface area contributed by atoms with Gasteiger partial charge in [-0.2, -0.15) is 0 Å². The van der Waals surface area contributed by atoms with Crippen molar-refractivity contribution in [3.8, 4) is 0 Å². The minimum atomic E-state index is -1.07. The number of thiazole rings is 1. The van der Waals surface area contributed by atoms with Crippen LogP contribution in [0, 0.1) is 13.8 Å². The fraction of sp³-hybridized carbons (Fsp3) is 0.429. The summed E-state index contributed by atoms with van der Waals surface area (Å²) in [6.45, 7) is 3.79. The second-order valence-corrected chi connectivity index (χ2v) is 3.59. The molecule has 60 valence electrons. The van der Waals surface area contributed by atoms with Crippen LogP contribution >= 0.6 is 11.3 Å². The van der Waals surface area contributed by atoms with Crippen molar-refractivity contribution in [1.82, 2.24) is 4.98 Å². The first kappa shape index (κ1) is 11.7. The molecule has 0 aliphatic heterocycles. The van der Waals surface area contributed by atoms with Crippen LogP contribution in [0.1, 0.15) is 15.6 Å². The van der Waals surface area contributed by atoms with E-state index in [0.29, 0.717) is 5.01 Å². The van der Waals surface area contributed by atoms with Gasteiger partial charge in [0.15, 0.2) is 0 Å². The van der Waals surface area contributed by atoms with E-state index in [1.165, 1.54) is 11.3 Å². The summed E-state index contributed by atoms with van der Waals surface area (Å²) in [6.07, 6.45) is -0.0701. The van der Waals surface area contributed by atoms with Crippen LogP contribution in [0.4, 0.5) is 0 Å². The Morgan fingerprint density at radius 3 is 2.50 bits per heavy atom. The number of hydrogen-bond donors (Lipinski definition) is 0. The average molecular weight is 177 g/mol. The van der Waals surface area contributed by atoms with Gasteiger partial charge in [0.1, 0.15) is 0 Å². The molecule has 1 rings (SSSR count). The van der Waals surface area contributed by atoms with Crippen LogP contribution in [0.2, 0.25) is 0 Å². The molecule has 0 amide bonds. The molecule has 0 spiro atoms. The summed E-state index contributed by atoms with van der Waals surface area (Å²) >= 11 is 1.41. The van der Waals surface area contributed by atoms with Gasteiger partial charge in [0.05, 0.1) is 10.7 Å². The number of rotatable bonds is 2. The third-order valence-electron chi connectivity index (χ3n) is 1.37. The predicted molar refractivity (Wildman–Crippen MR) is 40.3 cm³/mol. The summed E-state index contributed by atoms with van der Waals surface area (Å²) in [4.78, 5) is 15.3. The number of carbonyl (C=O) groups is 1. The first-order chi connectivity index (χ1) is 5.09. The van der Waals surface area contributed by atoms with Gasteiger partial charge in [-0.3, -0.25) is 0 Å². The normalized spacial score (nSPS) is 9.17. The van der Waals surface area contributed by atoms with E-state index in [1.54, 1.807) is 0 Å². The number of hydrogen-bond acceptors (Lipinski definition) is 4.